The number of anilines is 1. The van der Waals surface area contributed by atoms with Crippen molar-refractivity contribution in [1.29, 1.82) is 0 Å². The molecule has 0 unspecified atom stereocenters. The zero-order chi connectivity index (χ0) is 24.1. The number of rotatable bonds is 8. The SMILES string of the molecule is Cc1ccc(N2CCN(C[C@H](O)COc3ccc(C(=O)c4ccc(Cl)cc4)cc3)CC2)cc1Cl. The maximum Gasteiger partial charge on any atom is 0.193 e. The first kappa shape index (κ1) is 24.6. The molecule has 1 aliphatic heterocycles. The van der Waals surface area contributed by atoms with Crippen LogP contribution in [0, 0.1) is 6.92 Å². The third-order valence-electron chi connectivity index (χ3n) is 6.03. The van der Waals surface area contributed by atoms with E-state index in [2.05, 4.69) is 15.9 Å². The number of carbonyl (C=O) groups is 1. The Labute approximate surface area is 210 Å². The van der Waals surface area contributed by atoms with Gasteiger partial charge in [-0.05, 0) is 73.2 Å². The van der Waals surface area contributed by atoms with Crippen molar-refractivity contribution < 1.29 is 14.6 Å². The van der Waals surface area contributed by atoms with E-state index in [9.17, 15) is 9.90 Å². The summed E-state index contributed by atoms with van der Waals surface area (Å²) in [5.74, 6) is 0.545. The first-order valence-corrected chi connectivity index (χ1v) is 12.1. The summed E-state index contributed by atoms with van der Waals surface area (Å²) in [4.78, 5) is 17.1. The number of aliphatic hydroxyl groups is 1. The molecule has 1 heterocycles. The van der Waals surface area contributed by atoms with Crippen LogP contribution in [0.25, 0.3) is 0 Å². The second-order valence-corrected chi connectivity index (χ2v) is 9.39. The fraction of sp³-hybridized carbons (Fsp3) is 0.296. The van der Waals surface area contributed by atoms with Crippen LogP contribution >= 0.6 is 23.2 Å². The number of aryl methyl sites for hydroxylation is 1. The van der Waals surface area contributed by atoms with E-state index >= 15 is 0 Å². The highest BCUT2D eigenvalue weighted by molar-refractivity contribution is 6.31. The number of hydrogen-bond acceptors (Lipinski definition) is 5. The van der Waals surface area contributed by atoms with Crippen molar-refractivity contribution in [3.05, 3.63) is 93.5 Å². The van der Waals surface area contributed by atoms with Crippen molar-refractivity contribution in [3.8, 4) is 5.75 Å². The third kappa shape index (κ3) is 6.30. The lowest BCUT2D eigenvalue weighted by Gasteiger charge is -2.37. The summed E-state index contributed by atoms with van der Waals surface area (Å²) in [5.41, 5.74) is 3.37. The molecule has 0 saturated carbocycles. The molecule has 178 valence electrons. The van der Waals surface area contributed by atoms with Crippen LogP contribution in [0.15, 0.2) is 66.7 Å². The lowest BCUT2D eigenvalue weighted by atomic mass is 10.0. The molecule has 1 aliphatic rings. The second-order valence-electron chi connectivity index (χ2n) is 8.55. The van der Waals surface area contributed by atoms with Crippen LogP contribution in [0.1, 0.15) is 21.5 Å². The molecule has 0 spiro atoms. The van der Waals surface area contributed by atoms with Crippen LogP contribution < -0.4 is 9.64 Å². The van der Waals surface area contributed by atoms with Gasteiger partial charge in [-0.2, -0.15) is 0 Å². The van der Waals surface area contributed by atoms with Crippen LogP contribution in [-0.2, 0) is 0 Å². The molecular formula is C27H28Cl2N2O3. The number of halogens is 2. The van der Waals surface area contributed by atoms with E-state index in [-0.39, 0.29) is 12.4 Å². The highest BCUT2D eigenvalue weighted by atomic mass is 35.5. The zero-order valence-corrected chi connectivity index (χ0v) is 20.6. The molecule has 5 nitrogen and oxygen atoms in total. The van der Waals surface area contributed by atoms with Crippen LogP contribution in [0.2, 0.25) is 10.0 Å². The number of piperazine rings is 1. The largest absolute Gasteiger partial charge is 0.491 e. The first-order valence-electron chi connectivity index (χ1n) is 11.3. The number of carbonyl (C=O) groups excluding carboxylic acids is 1. The number of hydrogen-bond donors (Lipinski definition) is 1. The average Bonchev–Trinajstić information content (AvgIpc) is 2.85. The molecule has 4 rings (SSSR count). The highest BCUT2D eigenvalue weighted by Crippen LogP contribution is 2.24. The van der Waals surface area contributed by atoms with Gasteiger partial charge in [0.25, 0.3) is 0 Å². The molecule has 0 bridgehead atoms. The van der Waals surface area contributed by atoms with Gasteiger partial charge in [0.05, 0.1) is 0 Å². The number of benzene rings is 3. The van der Waals surface area contributed by atoms with Crippen LogP contribution in [-0.4, -0.2) is 61.2 Å². The maximum absolute atomic E-state index is 12.6. The predicted molar refractivity (Wildman–Crippen MR) is 138 cm³/mol. The molecule has 34 heavy (non-hydrogen) atoms. The summed E-state index contributed by atoms with van der Waals surface area (Å²) in [5, 5.41) is 11.8. The monoisotopic (exact) mass is 498 g/mol. The van der Waals surface area contributed by atoms with Gasteiger partial charge in [0.2, 0.25) is 0 Å². The molecule has 1 atom stereocenters. The third-order valence-corrected chi connectivity index (χ3v) is 6.69. The molecule has 1 N–H and O–H groups in total. The first-order chi connectivity index (χ1) is 16.4. The second kappa shape index (κ2) is 11.2. The van der Waals surface area contributed by atoms with Gasteiger partial charge in [0, 0.05) is 59.6 Å². The van der Waals surface area contributed by atoms with E-state index in [1.807, 2.05) is 19.1 Å². The molecular weight excluding hydrogens is 471 g/mol. The standard InChI is InChI=1S/C27H28Cl2N2O3/c1-19-2-9-23(16-26(19)29)31-14-12-30(13-15-31)17-24(32)18-34-25-10-5-21(6-11-25)27(33)20-3-7-22(28)8-4-20/h2-11,16,24,32H,12-15,17-18H2,1H3/t24-/m0/s1. The fourth-order valence-corrected chi connectivity index (χ4v) is 4.28. The maximum atomic E-state index is 12.6. The normalized spacial score (nSPS) is 15.2. The quantitative estimate of drug-likeness (QED) is 0.438. The number of β-amino-alcohol motifs (C(OH)–C–C–N with tert-alkyl or cyclic N) is 1. The van der Waals surface area contributed by atoms with Gasteiger partial charge in [-0.25, -0.2) is 0 Å². The molecule has 3 aromatic carbocycles. The Balaban J connectivity index is 1.22. The highest BCUT2D eigenvalue weighted by Gasteiger charge is 2.20. The lowest BCUT2D eigenvalue weighted by Crippen LogP contribution is -2.49. The minimum absolute atomic E-state index is 0.0738. The molecule has 0 radical (unpaired) electrons. The van der Waals surface area contributed by atoms with Crippen molar-refractivity contribution in [2.24, 2.45) is 0 Å². The Hall–Kier alpha value is -2.57. The molecule has 1 fully saturated rings. The average molecular weight is 499 g/mol. The molecule has 3 aromatic rings. The number of ether oxygens (including phenoxy) is 1. The zero-order valence-electron chi connectivity index (χ0n) is 19.1. The lowest BCUT2D eigenvalue weighted by molar-refractivity contribution is 0.0663. The minimum atomic E-state index is -0.601. The molecule has 0 aromatic heterocycles. The van der Waals surface area contributed by atoms with Gasteiger partial charge in [-0.15, -0.1) is 0 Å². The predicted octanol–water partition coefficient (Wildman–Crippen LogP) is 5.09. The molecule has 0 aliphatic carbocycles. The topological polar surface area (TPSA) is 53.0 Å². The summed E-state index contributed by atoms with van der Waals surface area (Å²) >= 11 is 12.2. The van der Waals surface area contributed by atoms with Gasteiger partial charge in [0.1, 0.15) is 18.5 Å². The van der Waals surface area contributed by atoms with Gasteiger partial charge in [0.15, 0.2) is 5.78 Å². The van der Waals surface area contributed by atoms with Crippen LogP contribution in [0.3, 0.4) is 0 Å². The minimum Gasteiger partial charge on any atom is -0.491 e. The van der Waals surface area contributed by atoms with Crippen molar-refractivity contribution in [2.45, 2.75) is 13.0 Å². The van der Waals surface area contributed by atoms with Gasteiger partial charge in [-0.3, -0.25) is 9.69 Å². The summed E-state index contributed by atoms with van der Waals surface area (Å²) in [6.07, 6.45) is -0.601. The van der Waals surface area contributed by atoms with Gasteiger partial charge < -0.3 is 14.7 Å². The van der Waals surface area contributed by atoms with E-state index in [1.54, 1.807) is 48.5 Å². The smallest absolute Gasteiger partial charge is 0.193 e. The van der Waals surface area contributed by atoms with Gasteiger partial charge in [-0.1, -0.05) is 29.3 Å². The van der Waals surface area contributed by atoms with Crippen molar-refractivity contribution in [1.82, 2.24) is 4.90 Å². The van der Waals surface area contributed by atoms with Crippen LogP contribution in [0.5, 0.6) is 5.75 Å². The van der Waals surface area contributed by atoms with E-state index in [0.29, 0.717) is 28.4 Å². The summed E-state index contributed by atoms with van der Waals surface area (Å²) in [7, 11) is 0. The number of nitrogens with zero attached hydrogens (tertiary/aromatic N) is 2. The number of aliphatic hydroxyl groups excluding tert-OH is 1. The Bertz CT molecular complexity index is 1110. The van der Waals surface area contributed by atoms with Crippen LogP contribution in [0.4, 0.5) is 5.69 Å². The molecule has 0 amide bonds. The summed E-state index contributed by atoms with van der Waals surface area (Å²) in [6, 6.07) is 20.0. The van der Waals surface area contributed by atoms with E-state index < -0.39 is 6.10 Å². The number of ketones is 1. The Morgan fingerprint density at radius 3 is 2.18 bits per heavy atom. The van der Waals surface area contributed by atoms with E-state index in [4.69, 9.17) is 27.9 Å². The Morgan fingerprint density at radius 1 is 0.941 bits per heavy atom. The van der Waals surface area contributed by atoms with E-state index in [0.717, 1.165) is 42.5 Å². The van der Waals surface area contributed by atoms with E-state index in [1.165, 1.54) is 0 Å². The Morgan fingerprint density at radius 2 is 1.56 bits per heavy atom. The van der Waals surface area contributed by atoms with Crippen molar-refractivity contribution in [2.75, 3.05) is 44.2 Å². The van der Waals surface area contributed by atoms with Gasteiger partial charge >= 0.3 is 0 Å². The van der Waals surface area contributed by atoms with Crippen molar-refractivity contribution >= 4 is 34.7 Å². The molecule has 1 saturated heterocycles. The van der Waals surface area contributed by atoms with Crippen molar-refractivity contribution in [3.63, 3.8) is 0 Å². The Kier molecular flexibility index (Phi) is 8.11. The summed E-state index contributed by atoms with van der Waals surface area (Å²) in [6.45, 7) is 6.25. The fourth-order valence-electron chi connectivity index (χ4n) is 3.98. The molecule has 7 heteroatoms. The summed E-state index contributed by atoms with van der Waals surface area (Å²) < 4.78 is 5.75.